The molecule has 0 aromatic rings. The summed E-state index contributed by atoms with van der Waals surface area (Å²) in [5, 5.41) is 28.7. The van der Waals surface area contributed by atoms with Gasteiger partial charge >= 0.3 is 11.9 Å². The Morgan fingerprint density at radius 2 is 1.22 bits per heavy atom. The topological polar surface area (TPSA) is 147 Å². The summed E-state index contributed by atoms with van der Waals surface area (Å²) in [4.78, 5) is 49.9. The number of hydrogen-bond donors (Lipinski definition) is 3. The summed E-state index contributed by atoms with van der Waals surface area (Å²) in [6.07, 6.45) is 22.3. The molecule has 1 heterocycles. The molecule has 0 bridgehead atoms. The summed E-state index contributed by atoms with van der Waals surface area (Å²) in [5.41, 5.74) is 0.800. The van der Waals surface area contributed by atoms with Crippen LogP contribution in [0.2, 0.25) is 0 Å². The highest BCUT2D eigenvalue weighted by molar-refractivity contribution is 5.86. The van der Waals surface area contributed by atoms with Crippen LogP contribution >= 0.6 is 0 Å². The van der Waals surface area contributed by atoms with Crippen molar-refractivity contribution < 1.29 is 44.0 Å². The van der Waals surface area contributed by atoms with Gasteiger partial charge in [-0.05, 0) is 209 Å². The fourth-order valence-corrected chi connectivity index (χ4v) is 18.7. The first-order chi connectivity index (χ1) is 30.3. The van der Waals surface area contributed by atoms with Gasteiger partial charge in [-0.1, -0.05) is 48.5 Å². The van der Waals surface area contributed by atoms with Crippen LogP contribution in [0.15, 0.2) is 0 Å². The second-order valence-electron chi connectivity index (χ2n) is 24.9. The number of rotatable bonds is 11. The Hall–Kier alpha value is -1.84. The number of carbonyl (C=O) groups is 4. The summed E-state index contributed by atoms with van der Waals surface area (Å²) in [6, 6.07) is 0. The van der Waals surface area contributed by atoms with Crippen LogP contribution in [0.3, 0.4) is 0 Å². The lowest BCUT2D eigenvalue weighted by atomic mass is 9.42. The molecule has 9 rings (SSSR count). The van der Waals surface area contributed by atoms with E-state index in [9.17, 15) is 29.4 Å². The number of ether oxygens (including phenoxy) is 2. The van der Waals surface area contributed by atoms with Gasteiger partial charge in [-0.3, -0.25) is 19.2 Å². The Morgan fingerprint density at radius 1 is 0.672 bits per heavy atom. The predicted molar refractivity (Wildman–Crippen MR) is 247 cm³/mol. The van der Waals surface area contributed by atoms with E-state index in [1.54, 1.807) is 0 Å². The van der Waals surface area contributed by atoms with Crippen molar-refractivity contribution >= 4 is 23.5 Å². The minimum absolute atomic E-state index is 0.0379. The second kappa shape index (κ2) is 18.9. The average molecular weight is 893 g/mol. The zero-order valence-electron chi connectivity index (χ0n) is 41.0. The van der Waals surface area contributed by atoms with E-state index in [-0.39, 0.29) is 70.8 Å². The van der Waals surface area contributed by atoms with Crippen molar-refractivity contribution in [2.24, 2.45) is 98.6 Å². The van der Waals surface area contributed by atoms with Gasteiger partial charge in [0.05, 0.1) is 12.2 Å². The number of carboxylic acids is 2. The second-order valence-corrected chi connectivity index (χ2v) is 24.9. The van der Waals surface area contributed by atoms with Crippen LogP contribution in [-0.2, 0) is 28.7 Å². The molecule has 8 aliphatic carbocycles. The average Bonchev–Trinajstić information content (AvgIpc) is 3.80. The number of aliphatic hydroxyl groups is 1. The smallest absolute Gasteiger partial charge is 0.303 e. The molecule has 1 aliphatic heterocycles. The molecule has 0 aromatic carbocycles. The maximum absolute atomic E-state index is 13.9. The van der Waals surface area contributed by atoms with E-state index in [1.165, 1.54) is 25.7 Å². The molecule has 64 heavy (non-hydrogen) atoms. The molecule has 0 spiro atoms. The van der Waals surface area contributed by atoms with Gasteiger partial charge in [-0.15, -0.1) is 0 Å². The third kappa shape index (κ3) is 8.63. The number of aliphatic carboxylic acids is 2. The summed E-state index contributed by atoms with van der Waals surface area (Å²) in [7, 11) is 0. The van der Waals surface area contributed by atoms with Crippen LogP contribution in [0.25, 0.3) is 0 Å². The summed E-state index contributed by atoms with van der Waals surface area (Å²) in [6.45, 7) is 17.3. The lowest BCUT2D eigenvalue weighted by Gasteiger charge is -2.62. The van der Waals surface area contributed by atoms with Crippen molar-refractivity contribution in [1.29, 1.82) is 0 Å². The Morgan fingerprint density at radius 3 is 1.78 bits per heavy atom. The highest BCUT2D eigenvalue weighted by atomic mass is 16.7. The van der Waals surface area contributed by atoms with Crippen molar-refractivity contribution in [1.82, 2.24) is 0 Å². The van der Waals surface area contributed by atoms with Crippen LogP contribution in [0.4, 0.5) is 0 Å². The lowest BCUT2D eigenvalue weighted by Crippen LogP contribution is -2.60. The van der Waals surface area contributed by atoms with Gasteiger partial charge in [-0.25, -0.2) is 0 Å². The molecular formula is C55H88O9. The van der Waals surface area contributed by atoms with Crippen molar-refractivity contribution in [3.63, 3.8) is 0 Å². The molecule has 5 unspecified atom stereocenters. The highest BCUT2D eigenvalue weighted by Crippen LogP contribution is 2.70. The SMILES string of the molecule is CC[C@H]1C(=O)[C@H]2C3CC[C@H]([C@H](C)CCC(=O)O)[C@@]3(C)CCC2[C@@]2(C)CC[C@@H](O)C[C@@H]12.C[C@H](CCC(=O)O)[C@H]1CCC2[C@@H]3C(=O)C[C@@H]4C[C@H](OC5CCCCO5)CC[C@]4(C)C3CC[C@@]21C. The summed E-state index contributed by atoms with van der Waals surface area (Å²) >= 11 is 0. The number of carbonyl (C=O) groups excluding carboxylic acids is 2. The van der Waals surface area contributed by atoms with Gasteiger partial charge in [0.1, 0.15) is 11.6 Å². The molecule has 9 fully saturated rings. The van der Waals surface area contributed by atoms with E-state index < -0.39 is 11.9 Å². The van der Waals surface area contributed by atoms with Gasteiger partial charge in [-0.2, -0.15) is 0 Å². The van der Waals surface area contributed by atoms with Gasteiger partial charge in [0, 0.05) is 43.6 Å². The first kappa shape index (κ1) is 48.6. The number of aliphatic hydroxyl groups excluding tert-OH is 1. The maximum Gasteiger partial charge on any atom is 0.303 e. The fourth-order valence-electron chi connectivity index (χ4n) is 18.7. The molecule has 362 valence electrons. The van der Waals surface area contributed by atoms with Crippen LogP contribution in [0.1, 0.15) is 196 Å². The third-order valence-electron chi connectivity index (χ3n) is 22.2. The van der Waals surface area contributed by atoms with E-state index in [1.807, 2.05) is 0 Å². The van der Waals surface area contributed by atoms with E-state index in [2.05, 4.69) is 48.5 Å². The van der Waals surface area contributed by atoms with Crippen molar-refractivity contribution in [2.45, 2.75) is 215 Å². The molecule has 0 aromatic heterocycles. The number of fused-ring (bicyclic) bond motifs is 10. The Balaban J connectivity index is 0.000000176. The number of carboxylic acid groups (broad SMARTS) is 2. The van der Waals surface area contributed by atoms with Gasteiger partial charge in [0.2, 0.25) is 0 Å². The maximum atomic E-state index is 13.9. The highest BCUT2D eigenvalue weighted by Gasteiger charge is 2.66. The molecular weight excluding hydrogens is 805 g/mol. The lowest BCUT2D eigenvalue weighted by molar-refractivity contribution is -0.211. The van der Waals surface area contributed by atoms with Crippen LogP contribution < -0.4 is 0 Å². The van der Waals surface area contributed by atoms with Gasteiger partial charge < -0.3 is 24.8 Å². The van der Waals surface area contributed by atoms with Gasteiger partial charge in [0.25, 0.3) is 0 Å². The van der Waals surface area contributed by atoms with Crippen LogP contribution in [0, 0.1) is 98.6 Å². The Kier molecular flexibility index (Phi) is 14.4. The first-order valence-electron chi connectivity index (χ1n) is 26.8. The quantitative estimate of drug-likeness (QED) is 0.172. The van der Waals surface area contributed by atoms with Crippen molar-refractivity contribution in [3.05, 3.63) is 0 Å². The van der Waals surface area contributed by atoms with Crippen molar-refractivity contribution in [3.8, 4) is 0 Å². The van der Waals surface area contributed by atoms with Gasteiger partial charge in [0.15, 0.2) is 6.29 Å². The zero-order valence-corrected chi connectivity index (χ0v) is 41.0. The molecule has 9 heteroatoms. The summed E-state index contributed by atoms with van der Waals surface area (Å²) < 4.78 is 12.2. The largest absolute Gasteiger partial charge is 0.481 e. The Labute approximate surface area is 386 Å². The van der Waals surface area contributed by atoms with E-state index >= 15 is 0 Å². The Bertz CT molecular complexity index is 1710. The molecule has 9 aliphatic rings. The molecule has 3 N–H and O–H groups in total. The molecule has 0 amide bonds. The van der Waals surface area contributed by atoms with Crippen LogP contribution in [-0.4, -0.2) is 63.9 Å². The molecule has 0 radical (unpaired) electrons. The minimum atomic E-state index is -0.697. The molecule has 1 saturated heterocycles. The van der Waals surface area contributed by atoms with E-state index in [0.717, 1.165) is 116 Å². The van der Waals surface area contributed by atoms with E-state index in [0.29, 0.717) is 70.7 Å². The number of ketones is 2. The van der Waals surface area contributed by atoms with E-state index in [4.69, 9.17) is 14.6 Å². The van der Waals surface area contributed by atoms with Crippen LogP contribution in [0.5, 0.6) is 0 Å². The summed E-state index contributed by atoms with van der Waals surface area (Å²) in [5.74, 6) is 4.77. The normalized spacial score (nSPS) is 48.2. The number of Topliss-reactive ketones (excluding diaryl/α,β-unsaturated/α-hetero) is 2. The molecule has 20 atom stereocenters. The zero-order chi connectivity index (χ0) is 45.9. The number of hydrogen-bond acceptors (Lipinski definition) is 7. The molecule has 8 saturated carbocycles. The predicted octanol–water partition coefficient (Wildman–Crippen LogP) is 11.6. The first-order valence-corrected chi connectivity index (χ1v) is 26.8. The fraction of sp³-hybridized carbons (Fsp3) is 0.927. The molecule has 9 nitrogen and oxygen atoms in total. The third-order valence-corrected chi connectivity index (χ3v) is 22.2. The monoisotopic (exact) mass is 893 g/mol. The standard InChI is InChI=1S/C29H46O5.C26H42O4/c1-18(7-10-25(31)32)21-8-9-22-27-23(12-14-29(21,22)3)28(2)13-11-20(16-19(28)17-24(27)30)34-26-6-4-5-15-33-26;1-5-17-21-14-16(27)10-12-26(21,4)20-11-13-25(3)18(15(2)6-9-22(28)29)7-8-19(25)23(20)24(17)30/h18-23,26-27H,4-17H2,1-3H3,(H,31,32);15-21,23,27H,5-14H2,1-4H3,(H,28,29)/t18-,19+,20-,21-,22?,23?,26?,27+,28+,29-;15-,16-,17-,18-,19?,20?,21+,23+,25-,26-/m11/s1. The van der Waals surface area contributed by atoms with Crippen molar-refractivity contribution in [2.75, 3.05) is 6.61 Å². The minimum Gasteiger partial charge on any atom is -0.481 e.